The molecule has 2 aliphatic heterocycles. The molecule has 1 saturated carbocycles. The lowest BCUT2D eigenvalue weighted by molar-refractivity contribution is -0.164. The van der Waals surface area contributed by atoms with Crippen molar-refractivity contribution in [1.29, 1.82) is 5.26 Å². The Morgan fingerprint density at radius 3 is 2.25 bits per heavy atom. The number of carbonyl (C=O) groups is 1. The molecule has 1 aromatic heterocycles. The van der Waals surface area contributed by atoms with Gasteiger partial charge in [0.05, 0.1) is 36.0 Å². The number of halogens is 1. The lowest BCUT2D eigenvalue weighted by Gasteiger charge is -2.63. The van der Waals surface area contributed by atoms with E-state index in [1.807, 2.05) is 0 Å². The number of piperazine rings is 2. The minimum absolute atomic E-state index is 0.143. The molecular formula is C35H51ClN8O4. The number of carbonyl (C=O) groups excluding carboxylic acids is 1. The second-order valence-electron chi connectivity index (χ2n) is 14.1. The number of benzene rings is 1. The average Bonchev–Trinajstić information content (AvgIpc) is 3.09. The van der Waals surface area contributed by atoms with Gasteiger partial charge < -0.3 is 29.7 Å². The van der Waals surface area contributed by atoms with Crippen LogP contribution in [0, 0.1) is 22.2 Å². The molecule has 13 heteroatoms. The van der Waals surface area contributed by atoms with E-state index in [0.717, 1.165) is 85.1 Å². The molecule has 12 nitrogen and oxygen atoms in total. The number of nitriles is 1. The molecule has 0 spiro atoms. The Hall–Kier alpha value is -3.05. The van der Waals surface area contributed by atoms with E-state index in [4.69, 9.17) is 31.1 Å². The van der Waals surface area contributed by atoms with Gasteiger partial charge in [-0.2, -0.15) is 5.26 Å². The lowest BCUT2D eigenvalue weighted by Crippen LogP contribution is -2.74. The van der Waals surface area contributed by atoms with E-state index in [2.05, 4.69) is 69.1 Å². The molecule has 2 saturated heterocycles. The van der Waals surface area contributed by atoms with Gasteiger partial charge in [0.2, 0.25) is 5.95 Å². The number of anilines is 1. The summed E-state index contributed by atoms with van der Waals surface area (Å²) in [5.74, 6) is 1.04. The number of ether oxygens (including phenoxy) is 3. The van der Waals surface area contributed by atoms with Crippen molar-refractivity contribution in [1.82, 2.24) is 30.4 Å². The fraction of sp³-hybridized carbons (Fsp3) is 0.657. The van der Waals surface area contributed by atoms with Crippen LogP contribution < -0.4 is 20.3 Å². The third kappa shape index (κ3) is 8.94. The summed E-state index contributed by atoms with van der Waals surface area (Å²) < 4.78 is 17.8. The summed E-state index contributed by atoms with van der Waals surface area (Å²) in [4.78, 5) is 29.4. The Balaban J connectivity index is 0.983. The van der Waals surface area contributed by atoms with Crippen molar-refractivity contribution in [3.8, 4) is 11.8 Å². The highest BCUT2D eigenvalue weighted by Gasteiger charge is 2.64. The normalized spacial score (nSPS) is 22.5. The highest BCUT2D eigenvalue weighted by atomic mass is 35.5. The van der Waals surface area contributed by atoms with Crippen molar-refractivity contribution >= 4 is 23.5 Å². The van der Waals surface area contributed by atoms with E-state index >= 15 is 0 Å². The quantitative estimate of drug-likeness (QED) is 0.269. The van der Waals surface area contributed by atoms with Crippen LogP contribution in [-0.4, -0.2) is 130 Å². The summed E-state index contributed by atoms with van der Waals surface area (Å²) in [6.45, 7) is 21.0. The third-order valence-electron chi connectivity index (χ3n) is 9.88. The van der Waals surface area contributed by atoms with Gasteiger partial charge in [0.15, 0.2) is 0 Å². The van der Waals surface area contributed by atoms with E-state index in [1.54, 1.807) is 30.6 Å². The van der Waals surface area contributed by atoms with Gasteiger partial charge in [-0.05, 0) is 18.6 Å². The van der Waals surface area contributed by atoms with Gasteiger partial charge in [-0.15, -0.1) is 0 Å². The average molecular weight is 683 g/mol. The van der Waals surface area contributed by atoms with Gasteiger partial charge in [-0.3, -0.25) is 14.6 Å². The van der Waals surface area contributed by atoms with Crippen LogP contribution in [0.25, 0.3) is 0 Å². The molecule has 3 aliphatic rings. The molecule has 0 bridgehead atoms. The number of rotatable bonds is 15. The smallest absolute Gasteiger partial charge is 0.254 e. The molecule has 0 atom stereocenters. The molecule has 262 valence electrons. The van der Waals surface area contributed by atoms with Crippen molar-refractivity contribution in [3.63, 3.8) is 0 Å². The molecule has 2 aromatic rings. The highest BCUT2D eigenvalue weighted by Crippen LogP contribution is 2.55. The lowest BCUT2D eigenvalue weighted by atomic mass is 9.49. The topological polar surface area (TPSA) is 128 Å². The van der Waals surface area contributed by atoms with E-state index < -0.39 is 0 Å². The molecule has 1 aromatic carbocycles. The zero-order chi connectivity index (χ0) is 34.1. The van der Waals surface area contributed by atoms with Gasteiger partial charge in [0.1, 0.15) is 17.9 Å². The predicted molar refractivity (Wildman–Crippen MR) is 186 cm³/mol. The fourth-order valence-corrected chi connectivity index (χ4v) is 7.64. The number of aromatic nitrogens is 2. The fourth-order valence-electron chi connectivity index (χ4n) is 7.42. The summed E-state index contributed by atoms with van der Waals surface area (Å²) in [6, 6.07) is 7.01. The Morgan fingerprint density at radius 1 is 0.958 bits per heavy atom. The second-order valence-corrected chi connectivity index (χ2v) is 14.5. The molecule has 1 amide bonds. The standard InChI is InChI=1S/C35H51ClN8O4/c1-34(2)31(35(3,4)32(34)48-28-7-6-26(23-37)29(36)22-28)41-30(45)27-24-39-33(40-25-27)44-15-13-42(14-16-44)10-5-18-46-20-21-47-19-17-43-11-8-38-9-12-43/h6-7,22,24-25,31-32,38H,5,8-21H2,1-4H3,(H,41,45). The van der Waals surface area contributed by atoms with E-state index in [1.165, 1.54) is 0 Å². The molecule has 3 fully saturated rings. The van der Waals surface area contributed by atoms with Crippen LogP contribution in [0.2, 0.25) is 5.02 Å². The van der Waals surface area contributed by atoms with Gasteiger partial charge in [-0.1, -0.05) is 39.3 Å². The van der Waals surface area contributed by atoms with Crippen molar-refractivity contribution < 1.29 is 19.0 Å². The van der Waals surface area contributed by atoms with Crippen LogP contribution >= 0.6 is 11.6 Å². The predicted octanol–water partition coefficient (Wildman–Crippen LogP) is 3.06. The van der Waals surface area contributed by atoms with Gasteiger partial charge >= 0.3 is 0 Å². The zero-order valence-corrected chi connectivity index (χ0v) is 29.6. The summed E-state index contributed by atoms with van der Waals surface area (Å²) in [6.07, 6.45) is 4.04. The summed E-state index contributed by atoms with van der Waals surface area (Å²) in [5.41, 5.74) is 0.122. The van der Waals surface area contributed by atoms with Crippen LogP contribution in [0.3, 0.4) is 0 Å². The number of nitrogens with one attached hydrogen (secondary N) is 2. The van der Waals surface area contributed by atoms with Gasteiger partial charge in [0.25, 0.3) is 5.91 Å². The van der Waals surface area contributed by atoms with Crippen LogP contribution in [0.5, 0.6) is 5.75 Å². The molecule has 0 radical (unpaired) electrons. The second kappa shape index (κ2) is 16.6. The first-order valence-electron chi connectivity index (χ1n) is 17.1. The molecule has 5 rings (SSSR count). The maximum absolute atomic E-state index is 13.3. The van der Waals surface area contributed by atoms with Crippen LogP contribution in [-0.2, 0) is 9.47 Å². The number of nitrogens with zero attached hydrogens (tertiary/aromatic N) is 6. The number of hydrogen-bond donors (Lipinski definition) is 2. The largest absolute Gasteiger partial charge is 0.489 e. The van der Waals surface area contributed by atoms with Crippen LogP contribution in [0.4, 0.5) is 5.95 Å². The van der Waals surface area contributed by atoms with Crippen LogP contribution in [0.15, 0.2) is 30.6 Å². The van der Waals surface area contributed by atoms with Gasteiger partial charge in [-0.25, -0.2) is 9.97 Å². The van der Waals surface area contributed by atoms with E-state index in [-0.39, 0.29) is 28.9 Å². The Bertz CT molecular complexity index is 1370. The first-order valence-corrected chi connectivity index (χ1v) is 17.5. The molecule has 2 N–H and O–H groups in total. The Labute approximate surface area is 290 Å². The van der Waals surface area contributed by atoms with Crippen molar-refractivity contribution in [3.05, 3.63) is 46.7 Å². The van der Waals surface area contributed by atoms with Crippen molar-refractivity contribution in [2.45, 2.75) is 46.3 Å². The first-order chi connectivity index (χ1) is 23.1. The minimum Gasteiger partial charge on any atom is -0.489 e. The molecular weight excluding hydrogens is 632 g/mol. The molecule has 1 aliphatic carbocycles. The van der Waals surface area contributed by atoms with Crippen molar-refractivity contribution in [2.75, 3.05) is 96.8 Å². The summed E-state index contributed by atoms with van der Waals surface area (Å²) in [7, 11) is 0. The van der Waals surface area contributed by atoms with Crippen molar-refractivity contribution in [2.24, 2.45) is 10.8 Å². The highest BCUT2D eigenvalue weighted by molar-refractivity contribution is 6.31. The number of amides is 1. The van der Waals surface area contributed by atoms with Gasteiger partial charge in [0, 0.05) is 107 Å². The Kier molecular flexibility index (Phi) is 12.5. The Morgan fingerprint density at radius 2 is 1.60 bits per heavy atom. The molecule has 3 heterocycles. The summed E-state index contributed by atoms with van der Waals surface area (Å²) >= 11 is 6.22. The number of hydrogen-bond acceptors (Lipinski definition) is 11. The first kappa shape index (κ1) is 36.2. The van der Waals surface area contributed by atoms with E-state index in [9.17, 15) is 4.79 Å². The molecule has 0 unspecified atom stereocenters. The van der Waals surface area contributed by atoms with Crippen LogP contribution in [0.1, 0.15) is 50.0 Å². The monoisotopic (exact) mass is 682 g/mol. The summed E-state index contributed by atoms with van der Waals surface area (Å²) in [5, 5.41) is 16.1. The minimum atomic E-state index is -0.356. The third-order valence-corrected chi connectivity index (χ3v) is 10.2. The SMILES string of the molecule is CC1(C)C(NC(=O)c2cnc(N3CCN(CCCOCCOCCN4CCNCC4)CC3)nc2)C(C)(C)C1Oc1ccc(C#N)c(Cl)c1. The maximum Gasteiger partial charge on any atom is 0.254 e. The maximum atomic E-state index is 13.3. The molecule has 48 heavy (non-hydrogen) atoms. The zero-order valence-electron chi connectivity index (χ0n) is 28.8. The van der Waals surface area contributed by atoms with E-state index in [0.29, 0.717) is 41.1 Å².